The fourth-order valence-corrected chi connectivity index (χ4v) is 3.67. The van der Waals surface area contributed by atoms with E-state index in [0.717, 1.165) is 38.2 Å². The van der Waals surface area contributed by atoms with Crippen molar-refractivity contribution >= 4 is 0 Å². The summed E-state index contributed by atoms with van der Waals surface area (Å²) in [5.74, 6) is 1.95. The lowest BCUT2D eigenvalue weighted by Crippen LogP contribution is -2.41. The topological polar surface area (TPSA) is 34.4 Å². The first-order chi connectivity index (χ1) is 12.1. The Morgan fingerprint density at radius 1 is 1.16 bits per heavy atom. The Labute approximate surface area is 151 Å². The van der Waals surface area contributed by atoms with Gasteiger partial charge in [-0.1, -0.05) is 43.7 Å². The van der Waals surface area contributed by atoms with Gasteiger partial charge < -0.3 is 14.5 Å². The first-order valence-electron chi connectivity index (χ1n) is 9.58. The number of hydrogen-bond acceptors (Lipinski definition) is 3. The maximum absolute atomic E-state index is 5.88. The predicted octanol–water partition coefficient (Wildman–Crippen LogP) is 4.90. The highest BCUT2D eigenvalue weighted by atomic mass is 16.5. The monoisotopic (exact) mass is 341 g/mol. The molecule has 0 amide bonds. The summed E-state index contributed by atoms with van der Waals surface area (Å²) >= 11 is 0. The second kappa shape index (κ2) is 8.68. The highest BCUT2D eigenvalue weighted by Gasteiger charge is 2.25. The van der Waals surface area contributed by atoms with Crippen LogP contribution in [0, 0.1) is 12.8 Å². The Kier molecular flexibility index (Phi) is 6.33. The molecule has 0 spiro atoms. The lowest BCUT2D eigenvalue weighted by molar-refractivity contribution is -0.0243. The molecule has 1 aliphatic heterocycles. The van der Waals surface area contributed by atoms with Crippen LogP contribution in [0.4, 0.5) is 0 Å². The van der Waals surface area contributed by atoms with Gasteiger partial charge in [-0.15, -0.1) is 0 Å². The molecule has 0 bridgehead atoms. The number of ether oxygens (including phenoxy) is 1. The summed E-state index contributed by atoms with van der Waals surface area (Å²) in [6.45, 7) is 8.49. The molecule has 3 atom stereocenters. The molecule has 3 heteroatoms. The number of furan rings is 1. The molecular formula is C22H31NO2. The van der Waals surface area contributed by atoms with E-state index in [9.17, 15) is 0 Å². The summed E-state index contributed by atoms with van der Waals surface area (Å²) in [5, 5.41) is 3.76. The van der Waals surface area contributed by atoms with E-state index in [4.69, 9.17) is 9.15 Å². The number of rotatable bonds is 7. The first-order valence-corrected chi connectivity index (χ1v) is 9.58. The zero-order valence-electron chi connectivity index (χ0n) is 15.7. The van der Waals surface area contributed by atoms with E-state index < -0.39 is 0 Å². The van der Waals surface area contributed by atoms with Crippen molar-refractivity contribution in [2.75, 3.05) is 13.2 Å². The quantitative estimate of drug-likeness (QED) is 0.777. The predicted molar refractivity (Wildman–Crippen MR) is 102 cm³/mol. The van der Waals surface area contributed by atoms with Crippen LogP contribution in [0.2, 0.25) is 0 Å². The number of nitrogens with one attached hydrogen (secondary N) is 1. The van der Waals surface area contributed by atoms with E-state index in [1.54, 1.807) is 6.26 Å². The third kappa shape index (κ3) is 4.96. The third-order valence-electron chi connectivity index (χ3n) is 5.29. The van der Waals surface area contributed by atoms with E-state index in [1.807, 2.05) is 6.07 Å². The fourth-order valence-electron chi connectivity index (χ4n) is 3.67. The van der Waals surface area contributed by atoms with Crippen molar-refractivity contribution in [2.24, 2.45) is 5.92 Å². The van der Waals surface area contributed by atoms with Crippen molar-refractivity contribution in [3.63, 3.8) is 0 Å². The maximum Gasteiger partial charge on any atom is 0.111 e. The zero-order chi connectivity index (χ0) is 17.6. The average Bonchev–Trinajstić information content (AvgIpc) is 3.14. The van der Waals surface area contributed by atoms with Gasteiger partial charge in [0.05, 0.1) is 12.4 Å². The highest BCUT2D eigenvalue weighted by Crippen LogP contribution is 2.28. The maximum atomic E-state index is 5.88. The van der Waals surface area contributed by atoms with Gasteiger partial charge >= 0.3 is 0 Å². The van der Waals surface area contributed by atoms with Crippen molar-refractivity contribution in [1.29, 1.82) is 0 Å². The molecule has 0 aliphatic carbocycles. The van der Waals surface area contributed by atoms with Gasteiger partial charge in [0.1, 0.15) is 5.76 Å². The molecule has 1 N–H and O–H groups in total. The molecule has 1 saturated heterocycles. The molecule has 25 heavy (non-hydrogen) atoms. The minimum Gasteiger partial charge on any atom is -0.469 e. The molecule has 1 aromatic heterocycles. The molecule has 1 fully saturated rings. The van der Waals surface area contributed by atoms with Crippen LogP contribution in [-0.2, 0) is 4.74 Å². The average molecular weight is 341 g/mol. The molecule has 1 aromatic carbocycles. The van der Waals surface area contributed by atoms with Gasteiger partial charge in [-0.25, -0.2) is 0 Å². The van der Waals surface area contributed by atoms with Crippen LogP contribution in [0.1, 0.15) is 55.9 Å². The van der Waals surface area contributed by atoms with Crippen LogP contribution in [0.15, 0.2) is 47.1 Å². The molecule has 1 aliphatic rings. The minimum atomic E-state index is 0.309. The summed E-state index contributed by atoms with van der Waals surface area (Å²) in [5.41, 5.74) is 2.62. The fraction of sp³-hybridized carbons (Fsp3) is 0.545. The standard InChI is InChI=1S/C22H31NO2/c1-16(2)22-15-19(11-14-25-22)23-12-10-20(21-5-4-13-24-21)18-8-6-17(3)7-9-18/h4-9,13,16,19-20,22-23H,10-12,14-15H2,1-3H3. The molecule has 3 rings (SSSR count). The lowest BCUT2D eigenvalue weighted by Gasteiger charge is -2.32. The van der Waals surface area contributed by atoms with Crippen LogP contribution < -0.4 is 5.32 Å². The summed E-state index contributed by atoms with van der Waals surface area (Å²) < 4.78 is 11.6. The van der Waals surface area contributed by atoms with Crippen molar-refractivity contribution in [1.82, 2.24) is 5.32 Å². The zero-order valence-corrected chi connectivity index (χ0v) is 15.7. The Balaban J connectivity index is 1.59. The summed E-state index contributed by atoms with van der Waals surface area (Å²) in [4.78, 5) is 0. The van der Waals surface area contributed by atoms with Crippen LogP contribution in [0.25, 0.3) is 0 Å². The number of hydrogen-bond donors (Lipinski definition) is 1. The first kappa shape index (κ1) is 18.2. The van der Waals surface area contributed by atoms with Crippen LogP contribution >= 0.6 is 0 Å². The highest BCUT2D eigenvalue weighted by molar-refractivity contribution is 5.30. The number of benzene rings is 1. The van der Waals surface area contributed by atoms with Crippen LogP contribution in [-0.4, -0.2) is 25.3 Å². The second-order valence-electron chi connectivity index (χ2n) is 7.60. The van der Waals surface area contributed by atoms with E-state index in [0.29, 0.717) is 24.0 Å². The Hall–Kier alpha value is -1.58. The Bertz CT molecular complexity index is 618. The van der Waals surface area contributed by atoms with Gasteiger partial charge in [0.2, 0.25) is 0 Å². The van der Waals surface area contributed by atoms with Crippen molar-refractivity contribution in [3.05, 3.63) is 59.5 Å². The molecule has 0 radical (unpaired) electrons. The molecule has 0 saturated carbocycles. The lowest BCUT2D eigenvalue weighted by atomic mass is 9.91. The molecular weight excluding hydrogens is 310 g/mol. The summed E-state index contributed by atoms with van der Waals surface area (Å²) in [6, 6.07) is 13.5. The Morgan fingerprint density at radius 3 is 2.64 bits per heavy atom. The third-order valence-corrected chi connectivity index (χ3v) is 5.29. The van der Waals surface area contributed by atoms with E-state index >= 15 is 0 Å². The minimum absolute atomic E-state index is 0.309. The molecule has 2 aromatic rings. The van der Waals surface area contributed by atoms with Gasteiger partial charge in [-0.05, 0) is 56.3 Å². The second-order valence-corrected chi connectivity index (χ2v) is 7.60. The summed E-state index contributed by atoms with van der Waals surface area (Å²) in [7, 11) is 0. The SMILES string of the molecule is Cc1ccc(C(CCNC2CCOC(C(C)C)C2)c2ccco2)cc1. The molecule has 2 heterocycles. The number of aryl methyl sites for hydroxylation is 1. The van der Waals surface area contributed by atoms with Gasteiger partial charge in [0, 0.05) is 18.6 Å². The van der Waals surface area contributed by atoms with Gasteiger partial charge in [-0.3, -0.25) is 0 Å². The van der Waals surface area contributed by atoms with Crippen molar-refractivity contribution < 1.29 is 9.15 Å². The smallest absolute Gasteiger partial charge is 0.111 e. The van der Waals surface area contributed by atoms with Crippen LogP contribution in [0.5, 0.6) is 0 Å². The van der Waals surface area contributed by atoms with E-state index in [2.05, 4.69) is 56.4 Å². The van der Waals surface area contributed by atoms with Gasteiger partial charge in [0.15, 0.2) is 0 Å². The van der Waals surface area contributed by atoms with E-state index in [1.165, 1.54) is 11.1 Å². The van der Waals surface area contributed by atoms with Gasteiger partial charge in [0.25, 0.3) is 0 Å². The normalized spacial score (nSPS) is 22.2. The van der Waals surface area contributed by atoms with Crippen molar-refractivity contribution in [3.8, 4) is 0 Å². The molecule has 136 valence electrons. The van der Waals surface area contributed by atoms with Crippen LogP contribution in [0.3, 0.4) is 0 Å². The summed E-state index contributed by atoms with van der Waals surface area (Å²) in [6.07, 6.45) is 5.44. The van der Waals surface area contributed by atoms with Gasteiger partial charge in [-0.2, -0.15) is 0 Å². The van der Waals surface area contributed by atoms with E-state index in [-0.39, 0.29) is 0 Å². The molecule has 3 nitrogen and oxygen atoms in total. The Morgan fingerprint density at radius 2 is 1.96 bits per heavy atom. The largest absolute Gasteiger partial charge is 0.469 e. The van der Waals surface area contributed by atoms with Crippen molar-refractivity contribution in [2.45, 2.75) is 58.1 Å². The molecule has 3 unspecified atom stereocenters.